The van der Waals surface area contributed by atoms with Crippen LogP contribution in [0.1, 0.15) is 46.2 Å². The fraction of sp³-hybridized carbons (Fsp3) is 0.233. The van der Waals surface area contributed by atoms with E-state index in [4.69, 9.17) is 23.2 Å². The predicted octanol–water partition coefficient (Wildman–Crippen LogP) is 7.71. The van der Waals surface area contributed by atoms with Crippen molar-refractivity contribution in [3.63, 3.8) is 0 Å². The molecule has 2 amide bonds. The molecule has 0 spiro atoms. The van der Waals surface area contributed by atoms with E-state index in [-0.39, 0.29) is 17.7 Å². The number of aromatic nitrogens is 1. The smallest absolute Gasteiger partial charge is 0.275 e. The minimum Gasteiger partial charge on any atom is -0.343 e. The summed E-state index contributed by atoms with van der Waals surface area (Å²) in [4.78, 5) is 32.4. The van der Waals surface area contributed by atoms with Gasteiger partial charge in [-0.2, -0.15) is 0 Å². The molecule has 1 aromatic heterocycles. The maximum atomic E-state index is 13.1. The number of hydrogen-bond acceptors (Lipinski definition) is 4. The number of benzene rings is 3. The van der Waals surface area contributed by atoms with E-state index in [1.807, 2.05) is 83.1 Å². The number of aryl methyl sites for hydroxylation is 1. The first kappa shape index (κ1) is 26.4. The second kappa shape index (κ2) is 12.1. The molecule has 0 saturated carbocycles. The number of amides is 2. The van der Waals surface area contributed by atoms with Crippen molar-refractivity contribution in [2.24, 2.45) is 0 Å². The molecule has 1 fully saturated rings. The van der Waals surface area contributed by atoms with Gasteiger partial charge in [0.25, 0.3) is 5.91 Å². The first-order chi connectivity index (χ1) is 18.5. The zero-order chi connectivity index (χ0) is 26.5. The third-order valence-corrected chi connectivity index (χ3v) is 8.48. The third kappa shape index (κ3) is 6.26. The first-order valence-corrected chi connectivity index (χ1v) is 14.2. The Labute approximate surface area is 236 Å². The Morgan fingerprint density at radius 2 is 1.66 bits per heavy atom. The molecular weight excluding hydrogens is 537 g/mol. The van der Waals surface area contributed by atoms with Crippen molar-refractivity contribution in [1.29, 1.82) is 0 Å². The highest BCUT2D eigenvalue weighted by molar-refractivity contribution is 7.10. The van der Waals surface area contributed by atoms with E-state index in [0.717, 1.165) is 40.2 Å². The van der Waals surface area contributed by atoms with E-state index in [1.165, 1.54) is 11.3 Å². The summed E-state index contributed by atoms with van der Waals surface area (Å²) in [6.07, 6.45) is 2.77. The molecule has 38 heavy (non-hydrogen) atoms. The van der Waals surface area contributed by atoms with E-state index >= 15 is 0 Å². The summed E-state index contributed by atoms with van der Waals surface area (Å²) in [5.41, 5.74) is 4.02. The molecule has 1 N–H and O–H groups in total. The quantitative estimate of drug-likeness (QED) is 0.250. The van der Waals surface area contributed by atoms with Crippen molar-refractivity contribution in [2.45, 2.75) is 31.6 Å². The Kier molecular flexibility index (Phi) is 8.42. The van der Waals surface area contributed by atoms with Crippen LogP contribution in [0.5, 0.6) is 0 Å². The summed E-state index contributed by atoms with van der Waals surface area (Å²) < 4.78 is 0. The highest BCUT2D eigenvalue weighted by atomic mass is 35.5. The lowest BCUT2D eigenvalue weighted by Gasteiger charge is -2.31. The molecule has 1 saturated heterocycles. The van der Waals surface area contributed by atoms with Crippen LogP contribution in [0.15, 0.2) is 78.2 Å². The Morgan fingerprint density at radius 1 is 0.947 bits per heavy atom. The van der Waals surface area contributed by atoms with Gasteiger partial charge in [-0.1, -0.05) is 71.7 Å². The van der Waals surface area contributed by atoms with Gasteiger partial charge in [0.15, 0.2) is 0 Å². The summed E-state index contributed by atoms with van der Waals surface area (Å²) in [6.45, 7) is 1.39. The maximum Gasteiger partial charge on any atom is 0.275 e. The SMILES string of the molecule is O=C(Nc1ccccc1-c1ccc(Cl)cc1)c1csc(C2CCN(C(=O)CCc3ccccc3Cl)CC2)n1. The second-order valence-corrected chi connectivity index (χ2v) is 11.1. The van der Waals surface area contributed by atoms with Crippen LogP contribution in [0.2, 0.25) is 10.0 Å². The van der Waals surface area contributed by atoms with Gasteiger partial charge >= 0.3 is 0 Å². The largest absolute Gasteiger partial charge is 0.343 e. The molecule has 3 aromatic carbocycles. The number of rotatable bonds is 7. The van der Waals surface area contributed by atoms with Crippen molar-refractivity contribution in [3.8, 4) is 11.1 Å². The summed E-state index contributed by atoms with van der Waals surface area (Å²) >= 11 is 13.8. The van der Waals surface area contributed by atoms with Gasteiger partial charge in [0, 0.05) is 52.1 Å². The molecule has 2 heterocycles. The van der Waals surface area contributed by atoms with Crippen LogP contribution in [-0.4, -0.2) is 34.8 Å². The molecule has 8 heteroatoms. The molecule has 194 valence electrons. The van der Waals surface area contributed by atoms with Crippen LogP contribution >= 0.6 is 34.5 Å². The van der Waals surface area contributed by atoms with Crippen molar-refractivity contribution in [1.82, 2.24) is 9.88 Å². The first-order valence-electron chi connectivity index (χ1n) is 12.6. The number of para-hydroxylation sites is 1. The zero-order valence-electron chi connectivity index (χ0n) is 20.7. The zero-order valence-corrected chi connectivity index (χ0v) is 23.0. The Balaban J connectivity index is 1.17. The third-order valence-electron chi connectivity index (χ3n) is 6.85. The number of anilines is 1. The highest BCUT2D eigenvalue weighted by Crippen LogP contribution is 2.32. The molecule has 1 aliphatic rings. The van der Waals surface area contributed by atoms with Crippen LogP contribution in [0.4, 0.5) is 5.69 Å². The number of piperidine rings is 1. The van der Waals surface area contributed by atoms with Crippen LogP contribution < -0.4 is 5.32 Å². The number of halogens is 2. The number of thiazole rings is 1. The van der Waals surface area contributed by atoms with Crippen LogP contribution in [0.25, 0.3) is 11.1 Å². The fourth-order valence-corrected chi connectivity index (χ4v) is 6.04. The van der Waals surface area contributed by atoms with Crippen molar-refractivity contribution in [3.05, 3.63) is 104 Å². The van der Waals surface area contributed by atoms with Gasteiger partial charge in [0.05, 0.1) is 5.01 Å². The second-order valence-electron chi connectivity index (χ2n) is 9.32. The molecule has 0 radical (unpaired) electrons. The van der Waals surface area contributed by atoms with Crippen molar-refractivity contribution in [2.75, 3.05) is 18.4 Å². The number of carbonyl (C=O) groups is 2. The fourth-order valence-electron chi connectivity index (χ4n) is 4.72. The van der Waals surface area contributed by atoms with Crippen LogP contribution in [0.3, 0.4) is 0 Å². The summed E-state index contributed by atoms with van der Waals surface area (Å²) in [6, 6.07) is 22.9. The molecule has 5 rings (SSSR count). The monoisotopic (exact) mass is 563 g/mol. The normalized spacial score (nSPS) is 13.9. The number of hydrogen-bond donors (Lipinski definition) is 1. The van der Waals surface area contributed by atoms with Gasteiger partial charge in [-0.25, -0.2) is 4.98 Å². The van der Waals surface area contributed by atoms with Crippen molar-refractivity contribution < 1.29 is 9.59 Å². The average molecular weight is 565 g/mol. The number of carbonyl (C=O) groups excluding carboxylic acids is 2. The van der Waals surface area contributed by atoms with Gasteiger partial charge in [-0.15, -0.1) is 11.3 Å². The maximum absolute atomic E-state index is 13.1. The summed E-state index contributed by atoms with van der Waals surface area (Å²) in [7, 11) is 0. The molecule has 4 aromatic rings. The molecule has 0 bridgehead atoms. The number of likely N-dealkylation sites (tertiary alicyclic amines) is 1. The van der Waals surface area contributed by atoms with Gasteiger partial charge in [0.2, 0.25) is 5.91 Å². The van der Waals surface area contributed by atoms with Gasteiger partial charge in [-0.3, -0.25) is 9.59 Å². The molecule has 5 nitrogen and oxygen atoms in total. The van der Waals surface area contributed by atoms with Gasteiger partial charge < -0.3 is 10.2 Å². The van der Waals surface area contributed by atoms with E-state index in [1.54, 1.807) is 0 Å². The lowest BCUT2D eigenvalue weighted by molar-refractivity contribution is -0.132. The van der Waals surface area contributed by atoms with Gasteiger partial charge in [-0.05, 0) is 54.7 Å². The lowest BCUT2D eigenvalue weighted by Crippen LogP contribution is -2.38. The molecular formula is C30H27Cl2N3O2S. The molecule has 1 aliphatic heterocycles. The summed E-state index contributed by atoms with van der Waals surface area (Å²) in [5.74, 6) is 0.165. The molecule has 0 unspecified atom stereocenters. The molecule has 0 atom stereocenters. The minimum absolute atomic E-state index is 0.155. The predicted molar refractivity (Wildman–Crippen MR) is 155 cm³/mol. The number of nitrogens with one attached hydrogen (secondary N) is 1. The van der Waals surface area contributed by atoms with Gasteiger partial charge in [0.1, 0.15) is 5.69 Å². The van der Waals surface area contributed by atoms with E-state index in [0.29, 0.717) is 41.7 Å². The van der Waals surface area contributed by atoms with E-state index in [9.17, 15) is 9.59 Å². The van der Waals surface area contributed by atoms with E-state index in [2.05, 4.69) is 10.3 Å². The Hall–Kier alpha value is -3.19. The van der Waals surface area contributed by atoms with Crippen molar-refractivity contribution >= 4 is 52.0 Å². The number of nitrogens with zero attached hydrogens (tertiary/aromatic N) is 2. The lowest BCUT2D eigenvalue weighted by atomic mass is 9.97. The Morgan fingerprint density at radius 3 is 2.42 bits per heavy atom. The minimum atomic E-state index is -0.235. The standard InChI is InChI=1S/C30H27Cl2N3O2S/c31-23-12-9-20(10-13-23)24-6-2-4-8-26(24)33-29(37)27-19-38-30(34-27)22-15-17-35(18-16-22)28(36)14-11-21-5-1-3-7-25(21)32/h1-10,12-13,19,22H,11,14-18H2,(H,33,37). The highest BCUT2D eigenvalue weighted by Gasteiger charge is 2.26. The summed E-state index contributed by atoms with van der Waals surface area (Å²) in [5, 5.41) is 7.15. The van der Waals surface area contributed by atoms with Crippen LogP contribution in [0, 0.1) is 0 Å². The average Bonchev–Trinajstić information content (AvgIpc) is 3.44. The molecule has 0 aliphatic carbocycles. The van der Waals surface area contributed by atoms with Crippen LogP contribution in [-0.2, 0) is 11.2 Å². The van der Waals surface area contributed by atoms with E-state index < -0.39 is 0 Å². The topological polar surface area (TPSA) is 62.3 Å². The Bertz CT molecular complexity index is 1430.